The number of hydrogen-bond donors (Lipinski definition) is 1. The molecule has 0 amide bonds. The quantitative estimate of drug-likeness (QED) is 0.848. The molecule has 14 heavy (non-hydrogen) atoms. The predicted molar refractivity (Wildman–Crippen MR) is 54.7 cm³/mol. The van der Waals surface area contributed by atoms with E-state index in [-0.39, 0.29) is 12.4 Å². The van der Waals surface area contributed by atoms with Gasteiger partial charge in [0.25, 0.3) is 0 Å². The van der Waals surface area contributed by atoms with E-state index in [1.165, 1.54) is 19.1 Å². The molecule has 0 aliphatic carbocycles. The van der Waals surface area contributed by atoms with Crippen LogP contribution in [0.4, 0.5) is 4.39 Å². The molecule has 0 aromatic heterocycles. The predicted octanol–water partition coefficient (Wildman–Crippen LogP) is 2.34. The molecular weight excluding hydrogens is 251 g/mol. The third kappa shape index (κ3) is 2.62. The molecule has 1 N–H and O–H groups in total. The second-order valence-electron chi connectivity index (χ2n) is 3.02. The molecule has 0 saturated heterocycles. The number of halogens is 2. The van der Waals surface area contributed by atoms with E-state index in [4.69, 9.17) is 5.11 Å². The van der Waals surface area contributed by atoms with Crippen molar-refractivity contribution < 1.29 is 14.3 Å². The van der Waals surface area contributed by atoms with E-state index in [0.29, 0.717) is 11.1 Å². The summed E-state index contributed by atoms with van der Waals surface area (Å²) in [6.07, 6.45) is 0. The van der Waals surface area contributed by atoms with Crippen LogP contribution in [0, 0.1) is 5.82 Å². The maximum atomic E-state index is 13.0. The van der Waals surface area contributed by atoms with Crippen LogP contribution in [0.5, 0.6) is 0 Å². The molecule has 1 aromatic carbocycles. The van der Waals surface area contributed by atoms with Gasteiger partial charge in [-0.1, -0.05) is 22.0 Å². The molecule has 0 saturated carbocycles. The van der Waals surface area contributed by atoms with E-state index in [1.54, 1.807) is 6.07 Å². The molecule has 1 atom stereocenters. The van der Waals surface area contributed by atoms with Crippen molar-refractivity contribution in [2.75, 3.05) is 0 Å². The Balaban J connectivity index is 3.08. The number of benzene rings is 1. The Bertz CT molecular complexity index is 352. The van der Waals surface area contributed by atoms with Crippen molar-refractivity contribution in [3.05, 3.63) is 35.1 Å². The number of alkyl halides is 1. The number of rotatable bonds is 3. The highest BCUT2D eigenvalue weighted by atomic mass is 79.9. The average molecular weight is 261 g/mol. The zero-order valence-corrected chi connectivity index (χ0v) is 9.21. The van der Waals surface area contributed by atoms with Crippen LogP contribution in [0.1, 0.15) is 22.9 Å². The summed E-state index contributed by atoms with van der Waals surface area (Å²) in [7, 11) is 0. The van der Waals surface area contributed by atoms with Gasteiger partial charge in [-0.2, -0.15) is 0 Å². The maximum absolute atomic E-state index is 13.0. The number of aliphatic hydroxyl groups excluding tert-OH is 1. The normalized spacial score (nSPS) is 12.6. The number of ketones is 1. The van der Waals surface area contributed by atoms with Gasteiger partial charge in [0.2, 0.25) is 0 Å². The third-order valence-corrected chi connectivity index (χ3v) is 2.99. The first-order valence-electron chi connectivity index (χ1n) is 4.09. The lowest BCUT2D eigenvalue weighted by Gasteiger charge is -2.08. The minimum Gasteiger partial charge on any atom is -0.392 e. The van der Waals surface area contributed by atoms with Crippen LogP contribution in [-0.2, 0) is 11.4 Å². The molecule has 2 nitrogen and oxygen atoms in total. The van der Waals surface area contributed by atoms with Crippen LogP contribution in [0.15, 0.2) is 18.2 Å². The number of aliphatic hydroxyl groups is 1. The van der Waals surface area contributed by atoms with Gasteiger partial charge in [-0.3, -0.25) is 4.79 Å². The van der Waals surface area contributed by atoms with Crippen LogP contribution < -0.4 is 0 Å². The van der Waals surface area contributed by atoms with Crippen LogP contribution in [0.3, 0.4) is 0 Å². The van der Waals surface area contributed by atoms with Crippen LogP contribution >= 0.6 is 15.9 Å². The Hall–Kier alpha value is -0.740. The number of Topliss-reactive ketones (excluding diaryl/α,β-unsaturated/α-hetero) is 1. The Morgan fingerprint density at radius 2 is 2.21 bits per heavy atom. The van der Waals surface area contributed by atoms with Crippen LogP contribution in [-0.4, -0.2) is 10.9 Å². The first-order valence-corrected chi connectivity index (χ1v) is 5.01. The van der Waals surface area contributed by atoms with E-state index < -0.39 is 10.6 Å². The molecule has 0 radical (unpaired) electrons. The minimum absolute atomic E-state index is 0.0977. The Kier molecular flexibility index (Phi) is 3.77. The molecular formula is C10H10BrFO2. The van der Waals surface area contributed by atoms with Crippen molar-refractivity contribution in [1.82, 2.24) is 0 Å². The Morgan fingerprint density at radius 3 is 2.71 bits per heavy atom. The van der Waals surface area contributed by atoms with Gasteiger partial charge < -0.3 is 5.11 Å². The highest BCUT2D eigenvalue weighted by Gasteiger charge is 2.14. The van der Waals surface area contributed by atoms with Crippen molar-refractivity contribution in [1.29, 1.82) is 0 Å². The lowest BCUT2D eigenvalue weighted by atomic mass is 10.1. The third-order valence-electron chi connectivity index (χ3n) is 1.81. The summed E-state index contributed by atoms with van der Waals surface area (Å²) in [5, 5.41) is 8.84. The summed E-state index contributed by atoms with van der Waals surface area (Å²) in [6.45, 7) is 1.19. The molecule has 4 heteroatoms. The molecule has 0 aliphatic rings. The van der Waals surface area contributed by atoms with Gasteiger partial charge in [-0.25, -0.2) is 4.39 Å². The van der Waals surface area contributed by atoms with E-state index in [0.717, 1.165) is 0 Å². The zero-order chi connectivity index (χ0) is 10.7. The van der Waals surface area contributed by atoms with Crippen molar-refractivity contribution in [2.45, 2.75) is 18.4 Å². The fourth-order valence-corrected chi connectivity index (χ4v) is 1.41. The van der Waals surface area contributed by atoms with Crippen LogP contribution in [0.25, 0.3) is 0 Å². The molecule has 0 bridgehead atoms. The van der Waals surface area contributed by atoms with Gasteiger partial charge in [0.15, 0.2) is 0 Å². The van der Waals surface area contributed by atoms with E-state index >= 15 is 0 Å². The summed E-state index contributed by atoms with van der Waals surface area (Å²) in [5.41, 5.74) is 0.993. The molecule has 0 aliphatic heterocycles. The molecule has 0 heterocycles. The summed E-state index contributed by atoms with van der Waals surface area (Å²) in [4.78, 5) is 10.5. The van der Waals surface area contributed by atoms with Gasteiger partial charge in [-0.05, 0) is 30.2 Å². The lowest BCUT2D eigenvalue weighted by molar-refractivity contribution is -0.116. The zero-order valence-electron chi connectivity index (χ0n) is 7.63. The summed E-state index contributed by atoms with van der Waals surface area (Å²) >= 11 is 3.15. The topological polar surface area (TPSA) is 37.3 Å². The van der Waals surface area contributed by atoms with E-state index in [1.807, 2.05) is 0 Å². The summed E-state index contributed by atoms with van der Waals surface area (Å²) in [6, 6.07) is 4.12. The van der Waals surface area contributed by atoms with E-state index in [2.05, 4.69) is 15.9 Å². The number of hydrogen-bond acceptors (Lipinski definition) is 2. The Labute approximate surface area is 89.9 Å². The van der Waals surface area contributed by atoms with Crippen molar-refractivity contribution in [3.63, 3.8) is 0 Å². The van der Waals surface area contributed by atoms with Crippen molar-refractivity contribution in [2.24, 2.45) is 0 Å². The second-order valence-corrected chi connectivity index (χ2v) is 3.94. The second kappa shape index (κ2) is 4.66. The van der Waals surface area contributed by atoms with Crippen molar-refractivity contribution in [3.8, 4) is 0 Å². The minimum atomic E-state index is -0.511. The highest BCUT2D eigenvalue weighted by Crippen LogP contribution is 2.25. The van der Waals surface area contributed by atoms with Gasteiger partial charge in [0, 0.05) is 0 Å². The maximum Gasteiger partial charge on any atom is 0.147 e. The van der Waals surface area contributed by atoms with E-state index in [9.17, 15) is 9.18 Å². The molecule has 1 rings (SSSR count). The number of carbonyl (C=O) groups is 1. The molecule has 0 fully saturated rings. The fourth-order valence-electron chi connectivity index (χ4n) is 1.15. The summed E-state index contributed by atoms with van der Waals surface area (Å²) < 4.78 is 13.0. The smallest absolute Gasteiger partial charge is 0.147 e. The van der Waals surface area contributed by atoms with Gasteiger partial charge in [0.05, 0.1) is 11.4 Å². The first-order chi connectivity index (χ1) is 6.54. The summed E-state index contributed by atoms with van der Waals surface area (Å²) in [5.74, 6) is -0.545. The molecule has 0 spiro atoms. The lowest BCUT2D eigenvalue weighted by Crippen LogP contribution is -2.02. The standard InChI is InChI=1S/C10H10BrFO2/c1-6(14)10(11)8-2-7(5-13)3-9(12)4-8/h2-4,10,13H,5H2,1H3. The molecule has 1 unspecified atom stereocenters. The first kappa shape index (κ1) is 11.3. The molecule has 76 valence electrons. The highest BCUT2D eigenvalue weighted by molar-refractivity contribution is 9.09. The van der Waals surface area contributed by atoms with Gasteiger partial charge in [0.1, 0.15) is 11.6 Å². The van der Waals surface area contributed by atoms with Gasteiger partial charge in [-0.15, -0.1) is 0 Å². The number of carbonyl (C=O) groups excluding carboxylic acids is 1. The monoisotopic (exact) mass is 260 g/mol. The fraction of sp³-hybridized carbons (Fsp3) is 0.300. The van der Waals surface area contributed by atoms with Crippen LogP contribution in [0.2, 0.25) is 0 Å². The molecule has 1 aromatic rings. The van der Waals surface area contributed by atoms with Gasteiger partial charge >= 0.3 is 0 Å². The van der Waals surface area contributed by atoms with Crippen molar-refractivity contribution >= 4 is 21.7 Å². The Morgan fingerprint density at radius 1 is 1.57 bits per heavy atom. The average Bonchev–Trinajstić information content (AvgIpc) is 2.15. The SMILES string of the molecule is CC(=O)C(Br)c1cc(F)cc(CO)c1. The largest absolute Gasteiger partial charge is 0.392 e.